The van der Waals surface area contributed by atoms with Crippen LogP contribution < -0.4 is 5.32 Å². The molecule has 0 aliphatic carbocycles. The molecule has 2 aromatic carbocycles. The predicted octanol–water partition coefficient (Wildman–Crippen LogP) is 3.10. The van der Waals surface area contributed by atoms with Gasteiger partial charge in [0.25, 0.3) is 0 Å². The Morgan fingerprint density at radius 2 is 1.50 bits per heavy atom. The number of nitrogens with one attached hydrogen (secondary N) is 1. The van der Waals surface area contributed by atoms with E-state index in [0.717, 1.165) is 37.8 Å². The van der Waals surface area contributed by atoms with Crippen LogP contribution in [0.25, 0.3) is 0 Å². The van der Waals surface area contributed by atoms with Crippen LogP contribution in [0.1, 0.15) is 17.2 Å². The summed E-state index contributed by atoms with van der Waals surface area (Å²) in [6, 6.07) is 9.34. The Bertz CT molecular complexity index is 637. The smallest absolute Gasteiger partial charge is 0.131 e. The molecule has 1 unspecified atom stereocenters. The first-order chi connectivity index (χ1) is 10.6. The maximum atomic E-state index is 14.3. The zero-order chi connectivity index (χ0) is 15.5. The van der Waals surface area contributed by atoms with Gasteiger partial charge in [0.05, 0.1) is 6.04 Å². The summed E-state index contributed by atoms with van der Waals surface area (Å²) in [6.45, 7) is 3.11. The summed E-state index contributed by atoms with van der Waals surface area (Å²) in [5, 5.41) is 3.25. The third-order valence-electron chi connectivity index (χ3n) is 3.96. The Labute approximate surface area is 127 Å². The standard InChI is InChI=1S/C17H17F3N2/c18-13-3-1-12(2-4-13)17(22-9-7-21-8-10-22)15-6-5-14(19)11-16(15)20/h1-6,11,17,21H,7-10H2. The first-order valence-corrected chi connectivity index (χ1v) is 7.30. The summed E-state index contributed by atoms with van der Waals surface area (Å²) in [5.41, 5.74) is 1.21. The van der Waals surface area contributed by atoms with Crippen LogP contribution >= 0.6 is 0 Å². The van der Waals surface area contributed by atoms with Gasteiger partial charge in [-0.25, -0.2) is 13.2 Å². The molecule has 1 atom stereocenters. The van der Waals surface area contributed by atoms with Crippen molar-refractivity contribution in [3.8, 4) is 0 Å². The zero-order valence-electron chi connectivity index (χ0n) is 12.0. The van der Waals surface area contributed by atoms with E-state index in [0.29, 0.717) is 5.56 Å². The third kappa shape index (κ3) is 3.15. The molecule has 1 fully saturated rings. The molecule has 2 aromatic rings. The highest BCUT2D eigenvalue weighted by Gasteiger charge is 2.26. The lowest BCUT2D eigenvalue weighted by atomic mass is 9.96. The maximum absolute atomic E-state index is 14.3. The Kier molecular flexibility index (Phi) is 4.45. The van der Waals surface area contributed by atoms with E-state index in [1.54, 1.807) is 12.1 Å². The number of benzene rings is 2. The lowest BCUT2D eigenvalue weighted by molar-refractivity contribution is 0.195. The first kappa shape index (κ1) is 15.1. The second kappa shape index (κ2) is 6.50. The Balaban J connectivity index is 2.03. The molecule has 1 heterocycles. The number of piperazine rings is 1. The first-order valence-electron chi connectivity index (χ1n) is 7.30. The Morgan fingerprint density at radius 1 is 0.864 bits per heavy atom. The second-order valence-corrected chi connectivity index (χ2v) is 5.41. The molecule has 116 valence electrons. The van der Waals surface area contributed by atoms with Gasteiger partial charge in [-0.15, -0.1) is 0 Å². The minimum absolute atomic E-state index is 0.331. The van der Waals surface area contributed by atoms with Gasteiger partial charge in [0.1, 0.15) is 17.5 Å². The van der Waals surface area contributed by atoms with Gasteiger partial charge in [0, 0.05) is 37.8 Å². The van der Waals surface area contributed by atoms with Gasteiger partial charge < -0.3 is 5.32 Å². The van der Waals surface area contributed by atoms with Gasteiger partial charge in [-0.2, -0.15) is 0 Å². The highest BCUT2D eigenvalue weighted by atomic mass is 19.1. The van der Waals surface area contributed by atoms with E-state index in [9.17, 15) is 13.2 Å². The molecule has 1 N–H and O–H groups in total. The van der Waals surface area contributed by atoms with E-state index in [2.05, 4.69) is 10.2 Å². The molecule has 0 spiro atoms. The topological polar surface area (TPSA) is 15.3 Å². The van der Waals surface area contributed by atoms with Crippen molar-refractivity contribution in [1.29, 1.82) is 0 Å². The Hall–Kier alpha value is -1.85. The molecule has 0 bridgehead atoms. The van der Waals surface area contributed by atoms with Gasteiger partial charge in [-0.05, 0) is 23.8 Å². The van der Waals surface area contributed by atoms with Crippen LogP contribution in [0.5, 0.6) is 0 Å². The average molecular weight is 306 g/mol. The van der Waals surface area contributed by atoms with Gasteiger partial charge in [0.15, 0.2) is 0 Å². The fourth-order valence-electron chi connectivity index (χ4n) is 2.90. The second-order valence-electron chi connectivity index (χ2n) is 5.41. The summed E-state index contributed by atoms with van der Waals surface area (Å²) in [5.74, 6) is -1.50. The van der Waals surface area contributed by atoms with Crippen LogP contribution in [0.2, 0.25) is 0 Å². The fraction of sp³-hybridized carbons (Fsp3) is 0.294. The van der Waals surface area contributed by atoms with Crippen molar-refractivity contribution in [3.63, 3.8) is 0 Å². The van der Waals surface area contributed by atoms with Crippen molar-refractivity contribution in [2.24, 2.45) is 0 Å². The number of halogens is 3. The van der Waals surface area contributed by atoms with Crippen molar-refractivity contribution < 1.29 is 13.2 Å². The molecule has 22 heavy (non-hydrogen) atoms. The van der Waals surface area contributed by atoms with E-state index < -0.39 is 11.6 Å². The van der Waals surface area contributed by atoms with Crippen molar-refractivity contribution in [1.82, 2.24) is 10.2 Å². The van der Waals surface area contributed by atoms with E-state index in [1.165, 1.54) is 24.3 Å². The number of hydrogen-bond donors (Lipinski definition) is 1. The van der Waals surface area contributed by atoms with Gasteiger partial charge in [-0.3, -0.25) is 4.90 Å². The highest BCUT2D eigenvalue weighted by Crippen LogP contribution is 2.31. The molecule has 5 heteroatoms. The van der Waals surface area contributed by atoms with E-state index in [-0.39, 0.29) is 11.9 Å². The predicted molar refractivity (Wildman–Crippen MR) is 79.0 cm³/mol. The van der Waals surface area contributed by atoms with Crippen molar-refractivity contribution in [3.05, 3.63) is 71.0 Å². The fourth-order valence-corrected chi connectivity index (χ4v) is 2.90. The molecule has 1 saturated heterocycles. The molecule has 2 nitrogen and oxygen atoms in total. The molecule has 0 aromatic heterocycles. The number of hydrogen-bond acceptors (Lipinski definition) is 2. The molecule has 1 aliphatic rings. The highest BCUT2D eigenvalue weighted by molar-refractivity contribution is 5.33. The van der Waals surface area contributed by atoms with Gasteiger partial charge >= 0.3 is 0 Å². The normalized spacial score (nSPS) is 17.4. The molecule has 3 rings (SSSR count). The third-order valence-corrected chi connectivity index (χ3v) is 3.96. The summed E-state index contributed by atoms with van der Waals surface area (Å²) in [7, 11) is 0. The van der Waals surface area contributed by atoms with Crippen molar-refractivity contribution in [2.75, 3.05) is 26.2 Å². The van der Waals surface area contributed by atoms with Gasteiger partial charge in [-0.1, -0.05) is 18.2 Å². The van der Waals surface area contributed by atoms with Crippen LogP contribution in [0.3, 0.4) is 0 Å². The molecule has 1 aliphatic heterocycles. The van der Waals surface area contributed by atoms with Crippen LogP contribution in [-0.4, -0.2) is 31.1 Å². The SMILES string of the molecule is Fc1ccc(C(c2ccc(F)cc2F)N2CCNCC2)cc1. The maximum Gasteiger partial charge on any atom is 0.131 e. The quantitative estimate of drug-likeness (QED) is 0.937. The van der Waals surface area contributed by atoms with E-state index >= 15 is 0 Å². The molecular weight excluding hydrogens is 289 g/mol. The minimum Gasteiger partial charge on any atom is -0.314 e. The molecule has 0 saturated carbocycles. The summed E-state index contributed by atoms with van der Waals surface area (Å²) < 4.78 is 40.6. The van der Waals surface area contributed by atoms with Crippen LogP contribution in [0, 0.1) is 17.5 Å². The number of rotatable bonds is 3. The van der Waals surface area contributed by atoms with Crippen molar-refractivity contribution >= 4 is 0 Å². The number of nitrogens with zero attached hydrogens (tertiary/aromatic N) is 1. The molecular formula is C17H17F3N2. The zero-order valence-corrected chi connectivity index (χ0v) is 12.0. The van der Waals surface area contributed by atoms with Gasteiger partial charge in [0.2, 0.25) is 0 Å². The Morgan fingerprint density at radius 3 is 2.14 bits per heavy atom. The lowest BCUT2D eigenvalue weighted by Gasteiger charge is -2.35. The lowest BCUT2D eigenvalue weighted by Crippen LogP contribution is -2.45. The summed E-state index contributed by atoms with van der Waals surface area (Å²) in [4.78, 5) is 2.13. The van der Waals surface area contributed by atoms with Crippen molar-refractivity contribution in [2.45, 2.75) is 6.04 Å². The van der Waals surface area contributed by atoms with E-state index in [4.69, 9.17) is 0 Å². The van der Waals surface area contributed by atoms with E-state index in [1.807, 2.05) is 0 Å². The van der Waals surface area contributed by atoms with Crippen LogP contribution in [-0.2, 0) is 0 Å². The monoisotopic (exact) mass is 306 g/mol. The van der Waals surface area contributed by atoms with Crippen LogP contribution in [0.4, 0.5) is 13.2 Å². The molecule has 0 radical (unpaired) electrons. The average Bonchev–Trinajstić information content (AvgIpc) is 2.52. The summed E-state index contributed by atoms with van der Waals surface area (Å²) >= 11 is 0. The van der Waals surface area contributed by atoms with Crippen LogP contribution in [0.15, 0.2) is 42.5 Å². The largest absolute Gasteiger partial charge is 0.314 e. The summed E-state index contributed by atoms with van der Waals surface area (Å²) in [6.07, 6.45) is 0. The minimum atomic E-state index is -0.598. The molecule has 0 amide bonds.